The van der Waals surface area contributed by atoms with Gasteiger partial charge in [-0.25, -0.2) is 4.39 Å². The molecule has 2 N–H and O–H groups in total. The zero-order valence-corrected chi connectivity index (χ0v) is 4.11. The lowest BCUT2D eigenvalue weighted by Gasteiger charge is -1.98. The summed E-state index contributed by atoms with van der Waals surface area (Å²) in [5.41, 5.74) is -0.0255. The third kappa shape index (κ3) is 2.28. The summed E-state index contributed by atoms with van der Waals surface area (Å²) < 4.78 is 11.2. The van der Waals surface area contributed by atoms with Crippen LogP contribution in [0, 0.1) is 5.41 Å². The van der Waals surface area contributed by atoms with Crippen molar-refractivity contribution in [2.45, 2.75) is 13.0 Å². The van der Waals surface area contributed by atoms with Gasteiger partial charge in [0, 0.05) is 5.71 Å². The highest BCUT2D eigenvalue weighted by atomic mass is 19.1. The predicted molar refractivity (Wildman–Crippen MR) is 25.4 cm³/mol. The first-order valence-electron chi connectivity index (χ1n) is 1.97. The van der Waals surface area contributed by atoms with Gasteiger partial charge >= 0.3 is 0 Å². The highest BCUT2D eigenvalue weighted by Crippen LogP contribution is 1.84. The first-order chi connectivity index (χ1) is 3.18. The minimum Gasteiger partial charge on any atom is -0.384 e. The number of hydrogen-bond acceptors (Lipinski definition) is 2. The Morgan fingerprint density at radius 2 is 2.43 bits per heavy atom. The van der Waals surface area contributed by atoms with Gasteiger partial charge in [0.1, 0.15) is 12.8 Å². The van der Waals surface area contributed by atoms with Gasteiger partial charge in [0.25, 0.3) is 0 Å². The average Bonchev–Trinajstić information content (AvgIpc) is 1.65. The number of halogens is 1. The SMILES string of the molecule is CC(=N)C(O)CF. The molecule has 7 heavy (non-hydrogen) atoms. The van der Waals surface area contributed by atoms with Gasteiger partial charge in [-0.3, -0.25) is 0 Å². The normalized spacial score (nSPS) is 13.6. The summed E-state index contributed by atoms with van der Waals surface area (Å²) in [5.74, 6) is 0. The van der Waals surface area contributed by atoms with Crippen molar-refractivity contribution in [2.75, 3.05) is 6.67 Å². The van der Waals surface area contributed by atoms with E-state index in [1.54, 1.807) is 0 Å². The summed E-state index contributed by atoms with van der Waals surface area (Å²) in [6.45, 7) is 0.513. The molecular formula is C4H8FNO. The summed E-state index contributed by atoms with van der Waals surface area (Å²) >= 11 is 0. The van der Waals surface area contributed by atoms with Crippen molar-refractivity contribution in [3.8, 4) is 0 Å². The molecule has 3 heteroatoms. The average molecular weight is 105 g/mol. The van der Waals surface area contributed by atoms with Crippen molar-refractivity contribution in [2.24, 2.45) is 0 Å². The molecule has 0 radical (unpaired) electrons. The fraction of sp³-hybridized carbons (Fsp3) is 0.750. The van der Waals surface area contributed by atoms with Gasteiger partial charge in [-0.2, -0.15) is 0 Å². The van der Waals surface area contributed by atoms with Crippen LogP contribution in [-0.4, -0.2) is 23.6 Å². The molecule has 0 aliphatic rings. The van der Waals surface area contributed by atoms with Crippen LogP contribution >= 0.6 is 0 Å². The molecule has 0 bridgehead atoms. The van der Waals surface area contributed by atoms with Crippen LogP contribution in [0.4, 0.5) is 4.39 Å². The molecule has 0 saturated carbocycles. The molecule has 0 heterocycles. The molecular weight excluding hydrogens is 97.0 g/mol. The smallest absolute Gasteiger partial charge is 0.121 e. The van der Waals surface area contributed by atoms with Gasteiger partial charge in [0.15, 0.2) is 0 Å². The van der Waals surface area contributed by atoms with Crippen molar-refractivity contribution in [3.63, 3.8) is 0 Å². The zero-order valence-electron chi connectivity index (χ0n) is 4.11. The van der Waals surface area contributed by atoms with Crippen LogP contribution in [0.5, 0.6) is 0 Å². The Bertz CT molecular complexity index is 74.1. The fourth-order valence-corrected chi connectivity index (χ4v) is 0.116. The molecule has 0 saturated heterocycles. The minimum absolute atomic E-state index is 0.0255. The van der Waals surface area contributed by atoms with E-state index in [0.29, 0.717) is 0 Å². The van der Waals surface area contributed by atoms with E-state index in [9.17, 15) is 4.39 Å². The van der Waals surface area contributed by atoms with Gasteiger partial charge in [0.2, 0.25) is 0 Å². The molecule has 0 spiro atoms. The van der Waals surface area contributed by atoms with E-state index in [1.165, 1.54) is 6.92 Å². The molecule has 0 amide bonds. The molecule has 0 aromatic heterocycles. The minimum atomic E-state index is -1.18. The number of hydrogen-bond donors (Lipinski definition) is 2. The first kappa shape index (κ1) is 6.56. The topological polar surface area (TPSA) is 44.1 Å². The highest BCUT2D eigenvalue weighted by Gasteiger charge is 2.02. The molecule has 0 rings (SSSR count). The van der Waals surface area contributed by atoms with E-state index in [4.69, 9.17) is 10.5 Å². The predicted octanol–water partition coefficient (Wildman–Crippen LogP) is 0.356. The summed E-state index contributed by atoms with van der Waals surface area (Å²) in [6, 6.07) is 0. The van der Waals surface area contributed by atoms with Crippen molar-refractivity contribution in [1.29, 1.82) is 5.41 Å². The maximum absolute atomic E-state index is 11.2. The van der Waals surface area contributed by atoms with Gasteiger partial charge in [-0.05, 0) is 6.92 Å². The molecule has 1 atom stereocenters. The number of nitrogens with one attached hydrogen (secondary N) is 1. The maximum atomic E-state index is 11.2. The van der Waals surface area contributed by atoms with Crippen LogP contribution < -0.4 is 0 Å². The van der Waals surface area contributed by atoms with Crippen LogP contribution in [-0.2, 0) is 0 Å². The molecule has 0 fully saturated rings. The van der Waals surface area contributed by atoms with Crippen LogP contribution in [0.15, 0.2) is 0 Å². The largest absolute Gasteiger partial charge is 0.384 e. The lowest BCUT2D eigenvalue weighted by molar-refractivity contribution is 0.199. The lowest BCUT2D eigenvalue weighted by atomic mass is 10.3. The zero-order chi connectivity index (χ0) is 5.86. The van der Waals surface area contributed by atoms with Gasteiger partial charge < -0.3 is 10.5 Å². The second-order valence-corrected chi connectivity index (χ2v) is 1.35. The molecule has 0 aliphatic carbocycles. The third-order valence-electron chi connectivity index (χ3n) is 0.646. The Morgan fingerprint density at radius 1 is 2.00 bits per heavy atom. The van der Waals surface area contributed by atoms with Gasteiger partial charge in [-0.15, -0.1) is 0 Å². The number of alkyl halides is 1. The summed E-state index contributed by atoms with van der Waals surface area (Å²) in [6.07, 6.45) is -1.18. The molecule has 1 unspecified atom stereocenters. The van der Waals surface area contributed by atoms with Crippen molar-refractivity contribution in [1.82, 2.24) is 0 Å². The first-order valence-corrected chi connectivity index (χ1v) is 1.97. The van der Waals surface area contributed by atoms with E-state index < -0.39 is 12.8 Å². The fourth-order valence-electron chi connectivity index (χ4n) is 0.116. The Kier molecular flexibility index (Phi) is 2.52. The van der Waals surface area contributed by atoms with E-state index in [2.05, 4.69) is 0 Å². The highest BCUT2D eigenvalue weighted by molar-refractivity contribution is 5.83. The lowest BCUT2D eigenvalue weighted by Crippen LogP contribution is -2.17. The maximum Gasteiger partial charge on any atom is 0.121 e. The van der Waals surface area contributed by atoms with Crippen LogP contribution in [0.3, 0.4) is 0 Å². The van der Waals surface area contributed by atoms with E-state index >= 15 is 0 Å². The number of aliphatic hydroxyl groups excluding tert-OH is 1. The van der Waals surface area contributed by atoms with Crippen LogP contribution in [0.2, 0.25) is 0 Å². The van der Waals surface area contributed by atoms with Crippen molar-refractivity contribution >= 4 is 5.71 Å². The molecule has 42 valence electrons. The molecule has 0 aromatic carbocycles. The van der Waals surface area contributed by atoms with E-state index in [1.807, 2.05) is 0 Å². The summed E-state index contributed by atoms with van der Waals surface area (Å²) in [7, 11) is 0. The van der Waals surface area contributed by atoms with Gasteiger partial charge in [0.05, 0.1) is 0 Å². The number of rotatable bonds is 2. The van der Waals surface area contributed by atoms with Crippen LogP contribution in [0.25, 0.3) is 0 Å². The molecule has 2 nitrogen and oxygen atoms in total. The van der Waals surface area contributed by atoms with Gasteiger partial charge in [-0.1, -0.05) is 0 Å². The Labute approximate surface area is 41.5 Å². The van der Waals surface area contributed by atoms with E-state index in [0.717, 1.165) is 0 Å². The quantitative estimate of drug-likeness (QED) is 0.489. The third-order valence-corrected chi connectivity index (χ3v) is 0.646. The summed E-state index contributed by atoms with van der Waals surface area (Å²) in [5, 5.41) is 14.9. The summed E-state index contributed by atoms with van der Waals surface area (Å²) in [4.78, 5) is 0. The Hall–Kier alpha value is -0.440. The monoisotopic (exact) mass is 105 g/mol. The molecule has 0 aromatic rings. The standard InChI is InChI=1S/C4H8FNO/c1-3(6)4(7)2-5/h4,6-7H,2H2,1H3. The number of aliphatic hydroxyl groups is 1. The Balaban J connectivity index is 3.34. The second kappa shape index (κ2) is 2.69. The van der Waals surface area contributed by atoms with Crippen molar-refractivity contribution in [3.05, 3.63) is 0 Å². The Morgan fingerprint density at radius 3 is 2.43 bits per heavy atom. The van der Waals surface area contributed by atoms with Crippen molar-refractivity contribution < 1.29 is 9.50 Å². The van der Waals surface area contributed by atoms with Crippen LogP contribution in [0.1, 0.15) is 6.92 Å². The second-order valence-electron chi connectivity index (χ2n) is 1.35. The van der Waals surface area contributed by atoms with E-state index in [-0.39, 0.29) is 5.71 Å². The molecule has 0 aliphatic heterocycles.